The first-order valence-corrected chi connectivity index (χ1v) is 11.8. The second-order valence-corrected chi connectivity index (χ2v) is 8.62. The minimum absolute atomic E-state index is 0.108. The summed E-state index contributed by atoms with van der Waals surface area (Å²) in [6.07, 6.45) is 6.51. The lowest BCUT2D eigenvalue weighted by Gasteiger charge is -2.13. The predicted molar refractivity (Wildman–Crippen MR) is 141 cm³/mol. The monoisotopic (exact) mass is 538 g/mol. The molecule has 4 aromatic rings. The quantitative estimate of drug-likeness (QED) is 0.238. The maximum atomic E-state index is 13.0. The minimum atomic E-state index is -2.51. The van der Waals surface area contributed by atoms with Gasteiger partial charge in [-0.05, 0) is 26.0 Å². The van der Waals surface area contributed by atoms with Crippen LogP contribution < -0.4 is 10.1 Å². The lowest BCUT2D eigenvalue weighted by Crippen LogP contribution is -2.26. The van der Waals surface area contributed by atoms with E-state index in [4.69, 9.17) is 17.0 Å². The van der Waals surface area contributed by atoms with Gasteiger partial charge in [0.2, 0.25) is 0 Å². The largest absolute Gasteiger partial charge is 0.494 e. The number of aromatic amines is 1. The Morgan fingerprint density at radius 2 is 1.89 bits per heavy atom. The number of aryl methyl sites for hydroxylation is 2. The molecule has 196 valence electrons. The fraction of sp³-hybridized carbons (Fsp3) is 0.240. The number of amides is 1. The lowest BCUT2D eigenvalue weighted by molar-refractivity contribution is 0.0960. The smallest absolute Gasteiger partial charge is 0.257 e. The zero-order valence-electron chi connectivity index (χ0n) is 20.8. The second kappa shape index (κ2) is 11.8. The van der Waals surface area contributed by atoms with Crippen LogP contribution in [-0.4, -0.2) is 61.9 Å². The molecule has 13 heteroatoms. The molecular formula is C25H24F2N8O2S. The molecule has 10 nitrogen and oxygen atoms in total. The van der Waals surface area contributed by atoms with E-state index in [1.807, 2.05) is 26.0 Å². The van der Waals surface area contributed by atoms with Gasteiger partial charge in [0.25, 0.3) is 12.3 Å². The van der Waals surface area contributed by atoms with Crippen molar-refractivity contribution >= 4 is 30.2 Å². The number of methoxy groups -OCH3 is 1. The molecule has 0 aliphatic carbocycles. The highest BCUT2D eigenvalue weighted by Crippen LogP contribution is 2.32. The number of rotatable bonds is 9. The molecule has 0 atom stereocenters. The summed E-state index contributed by atoms with van der Waals surface area (Å²) < 4.78 is 31.9. The minimum Gasteiger partial charge on any atom is -0.494 e. The maximum Gasteiger partial charge on any atom is 0.257 e. The number of nitrogens with zero attached hydrogens (tertiary/aromatic N) is 6. The van der Waals surface area contributed by atoms with Gasteiger partial charge >= 0.3 is 0 Å². The second-order valence-electron chi connectivity index (χ2n) is 8.21. The Kier molecular flexibility index (Phi) is 8.26. The van der Waals surface area contributed by atoms with Crippen LogP contribution in [0.5, 0.6) is 5.75 Å². The van der Waals surface area contributed by atoms with Crippen molar-refractivity contribution in [3.63, 3.8) is 0 Å². The van der Waals surface area contributed by atoms with Crippen LogP contribution in [0.4, 0.5) is 14.6 Å². The molecule has 0 aliphatic rings. The zero-order valence-corrected chi connectivity index (χ0v) is 21.6. The average molecular weight is 539 g/mol. The number of H-pyrrole nitrogens is 1. The fourth-order valence-corrected chi connectivity index (χ4v) is 3.84. The first-order valence-electron chi connectivity index (χ1n) is 11.4. The molecule has 0 aromatic carbocycles. The Labute approximate surface area is 221 Å². The van der Waals surface area contributed by atoms with Gasteiger partial charge in [-0.2, -0.15) is 5.10 Å². The van der Waals surface area contributed by atoms with Crippen LogP contribution >= 0.6 is 12.2 Å². The standard InChI is InChI=1S/C25H24F2N8O2S/c1-14-6-17(18-7-15(2)31-11-21(18)37-3)19(9-30-14)24(36)29-5-4-28-23-25(38)34-20(10-32-23)16-8-33-35(12-16)13-22(26)27/h4,6-12,22H,5,13H2,1-3H3,(H,29,36)(H,34,38). The molecule has 38 heavy (non-hydrogen) atoms. The van der Waals surface area contributed by atoms with E-state index < -0.39 is 13.0 Å². The third kappa shape index (κ3) is 6.29. The number of halogens is 2. The molecule has 1 amide bonds. The summed E-state index contributed by atoms with van der Waals surface area (Å²) in [6.45, 7) is 3.31. The van der Waals surface area contributed by atoms with Crippen LogP contribution in [0.2, 0.25) is 0 Å². The van der Waals surface area contributed by atoms with Gasteiger partial charge in [0, 0.05) is 46.7 Å². The lowest BCUT2D eigenvalue weighted by atomic mass is 9.99. The van der Waals surface area contributed by atoms with Crippen molar-refractivity contribution in [1.82, 2.24) is 35.0 Å². The molecule has 0 fully saturated rings. The molecule has 0 radical (unpaired) electrons. The van der Waals surface area contributed by atoms with Gasteiger partial charge in [0.05, 0.1) is 43.5 Å². The van der Waals surface area contributed by atoms with Crippen molar-refractivity contribution in [3.8, 4) is 28.1 Å². The van der Waals surface area contributed by atoms with E-state index >= 15 is 0 Å². The number of hydrogen-bond donors (Lipinski definition) is 2. The molecule has 4 rings (SSSR count). The van der Waals surface area contributed by atoms with Gasteiger partial charge in [0.15, 0.2) is 5.82 Å². The van der Waals surface area contributed by atoms with Crippen molar-refractivity contribution in [3.05, 3.63) is 64.7 Å². The summed E-state index contributed by atoms with van der Waals surface area (Å²) in [5, 5.41) is 6.70. The van der Waals surface area contributed by atoms with E-state index in [0.717, 1.165) is 21.6 Å². The third-order valence-electron chi connectivity index (χ3n) is 5.40. The van der Waals surface area contributed by atoms with Crippen molar-refractivity contribution in [2.45, 2.75) is 26.8 Å². The van der Waals surface area contributed by atoms with E-state index in [1.54, 1.807) is 13.3 Å². The number of ether oxygens (including phenoxy) is 1. The predicted octanol–water partition coefficient (Wildman–Crippen LogP) is 4.48. The number of aromatic nitrogens is 6. The summed E-state index contributed by atoms with van der Waals surface area (Å²) in [4.78, 5) is 33.0. The van der Waals surface area contributed by atoms with Crippen molar-refractivity contribution in [2.75, 3.05) is 13.7 Å². The Balaban J connectivity index is 1.46. The fourth-order valence-electron chi connectivity index (χ4n) is 3.63. The van der Waals surface area contributed by atoms with Gasteiger partial charge in [-0.1, -0.05) is 12.2 Å². The van der Waals surface area contributed by atoms with E-state index in [1.165, 1.54) is 31.0 Å². The summed E-state index contributed by atoms with van der Waals surface area (Å²) in [5.74, 6) is 0.444. The normalized spacial score (nSPS) is 11.3. The van der Waals surface area contributed by atoms with Crippen LogP contribution in [0.25, 0.3) is 22.4 Å². The van der Waals surface area contributed by atoms with Gasteiger partial charge < -0.3 is 15.0 Å². The van der Waals surface area contributed by atoms with Gasteiger partial charge in [-0.3, -0.25) is 19.4 Å². The van der Waals surface area contributed by atoms with E-state index in [-0.39, 0.29) is 22.9 Å². The van der Waals surface area contributed by atoms with Gasteiger partial charge in [0.1, 0.15) is 16.9 Å². The Bertz CT molecular complexity index is 1550. The number of alkyl halides is 2. The molecular weight excluding hydrogens is 514 g/mol. The maximum absolute atomic E-state index is 13.0. The molecule has 2 N–H and O–H groups in total. The highest BCUT2D eigenvalue weighted by atomic mass is 32.1. The van der Waals surface area contributed by atoms with Crippen LogP contribution in [0.3, 0.4) is 0 Å². The average Bonchev–Trinajstić information content (AvgIpc) is 3.35. The molecule has 4 heterocycles. The molecule has 0 spiro atoms. The van der Waals surface area contributed by atoms with E-state index in [2.05, 4.69) is 35.3 Å². The summed E-state index contributed by atoms with van der Waals surface area (Å²) in [6, 6.07) is 3.68. The van der Waals surface area contributed by atoms with Crippen LogP contribution in [0.15, 0.2) is 48.1 Å². The molecule has 0 bridgehead atoms. The Morgan fingerprint density at radius 3 is 2.61 bits per heavy atom. The summed E-state index contributed by atoms with van der Waals surface area (Å²) in [5.41, 5.74) is 4.40. The molecule has 0 unspecified atom stereocenters. The number of hydrogen-bond acceptors (Lipinski definition) is 8. The number of nitrogens with one attached hydrogen (secondary N) is 2. The van der Waals surface area contributed by atoms with Crippen LogP contribution in [0, 0.1) is 18.5 Å². The number of aliphatic imine (C=N–C) groups is 1. The topological polar surface area (TPSA) is 123 Å². The SMILES string of the molecule is COc1cnc(C)cc1-c1cc(C)ncc1C(=O)NCC=Nc1ncc(-c2cnn(CC(F)F)c2)[nH]c1=S. The van der Waals surface area contributed by atoms with Crippen LogP contribution in [-0.2, 0) is 6.54 Å². The van der Waals surface area contributed by atoms with Crippen molar-refractivity contribution in [1.29, 1.82) is 0 Å². The summed E-state index contributed by atoms with van der Waals surface area (Å²) in [7, 11) is 1.55. The van der Waals surface area contributed by atoms with Gasteiger partial charge in [-0.25, -0.2) is 18.8 Å². The molecule has 0 saturated carbocycles. The number of pyridine rings is 2. The van der Waals surface area contributed by atoms with Crippen LogP contribution in [0.1, 0.15) is 21.7 Å². The first-order chi connectivity index (χ1) is 18.2. The Morgan fingerprint density at radius 1 is 1.16 bits per heavy atom. The third-order valence-corrected chi connectivity index (χ3v) is 5.69. The number of carbonyl (C=O) groups excluding carboxylic acids is 1. The van der Waals surface area contributed by atoms with E-state index in [0.29, 0.717) is 28.1 Å². The molecule has 0 saturated heterocycles. The molecule has 4 aromatic heterocycles. The van der Waals surface area contributed by atoms with Crippen molar-refractivity contribution in [2.24, 2.45) is 4.99 Å². The highest BCUT2D eigenvalue weighted by Gasteiger charge is 2.17. The number of carbonyl (C=O) groups is 1. The Hall–Kier alpha value is -4.39. The summed E-state index contributed by atoms with van der Waals surface area (Å²) >= 11 is 5.32. The van der Waals surface area contributed by atoms with E-state index in [9.17, 15) is 13.6 Å². The molecule has 0 aliphatic heterocycles. The zero-order chi connectivity index (χ0) is 27.2. The highest BCUT2D eigenvalue weighted by molar-refractivity contribution is 7.71. The van der Waals surface area contributed by atoms with Gasteiger partial charge in [-0.15, -0.1) is 0 Å². The first kappa shape index (κ1) is 26.7. The van der Waals surface area contributed by atoms with Crippen molar-refractivity contribution < 1.29 is 18.3 Å².